The Morgan fingerprint density at radius 3 is 2.33 bits per heavy atom. The molecule has 1 atom stereocenters. The fourth-order valence-electron chi connectivity index (χ4n) is 1.63. The average molecular weight is 297 g/mol. The summed E-state index contributed by atoms with van der Waals surface area (Å²) < 4.78 is 0. The number of carbonyl (C=O) groups excluding carboxylic acids is 1. The van der Waals surface area contributed by atoms with Crippen LogP contribution >= 0.6 is 0 Å². The first-order chi connectivity index (χ1) is 9.86. The Morgan fingerprint density at radius 2 is 1.81 bits per heavy atom. The number of nitrogens with one attached hydrogen (secondary N) is 1. The zero-order chi connectivity index (χ0) is 16.3. The second-order valence-corrected chi connectivity index (χ2v) is 4.89. The number of allylic oxidation sites excluding steroid dienone is 3. The van der Waals surface area contributed by atoms with E-state index in [1.807, 2.05) is 19.1 Å². The Morgan fingerprint density at radius 1 is 1.14 bits per heavy atom. The van der Waals surface area contributed by atoms with Gasteiger partial charge in [-0.1, -0.05) is 17.7 Å². The maximum atomic E-state index is 11.0. The van der Waals surface area contributed by atoms with Gasteiger partial charge in [0.05, 0.1) is 0 Å². The fourth-order valence-corrected chi connectivity index (χ4v) is 1.63. The SMILES string of the molecule is C/C(C=O)=C\CC/C(C)=C/CN[C@@H](CCC(=O)O)C(=O)O. The van der Waals surface area contributed by atoms with Crippen LogP contribution in [0.25, 0.3) is 0 Å². The average Bonchev–Trinajstić information content (AvgIpc) is 2.41. The van der Waals surface area contributed by atoms with E-state index in [2.05, 4.69) is 5.32 Å². The lowest BCUT2D eigenvalue weighted by molar-refractivity contribution is -0.140. The molecule has 21 heavy (non-hydrogen) atoms. The van der Waals surface area contributed by atoms with E-state index < -0.39 is 18.0 Å². The van der Waals surface area contributed by atoms with Crippen LogP contribution in [0.15, 0.2) is 23.3 Å². The van der Waals surface area contributed by atoms with Crippen molar-refractivity contribution >= 4 is 18.2 Å². The Kier molecular flexibility index (Phi) is 9.79. The molecular weight excluding hydrogens is 274 g/mol. The maximum absolute atomic E-state index is 11.0. The van der Waals surface area contributed by atoms with Crippen molar-refractivity contribution in [1.29, 1.82) is 0 Å². The summed E-state index contributed by atoms with van der Waals surface area (Å²) in [6, 6.07) is -0.859. The third-order valence-electron chi connectivity index (χ3n) is 2.95. The quantitative estimate of drug-likeness (QED) is 0.305. The van der Waals surface area contributed by atoms with Gasteiger partial charge in [0.25, 0.3) is 0 Å². The van der Waals surface area contributed by atoms with E-state index in [0.717, 1.165) is 24.7 Å². The largest absolute Gasteiger partial charge is 0.481 e. The van der Waals surface area contributed by atoms with Crippen molar-refractivity contribution in [2.45, 2.75) is 45.6 Å². The molecule has 0 aromatic rings. The first-order valence-corrected chi connectivity index (χ1v) is 6.82. The van der Waals surface area contributed by atoms with E-state index in [0.29, 0.717) is 12.1 Å². The predicted molar refractivity (Wildman–Crippen MR) is 79.1 cm³/mol. The van der Waals surface area contributed by atoms with Gasteiger partial charge in [0.1, 0.15) is 12.3 Å². The lowest BCUT2D eigenvalue weighted by atomic mass is 10.1. The van der Waals surface area contributed by atoms with Crippen molar-refractivity contribution in [3.8, 4) is 0 Å². The molecule has 0 fully saturated rings. The minimum atomic E-state index is -1.05. The van der Waals surface area contributed by atoms with Gasteiger partial charge in [-0.15, -0.1) is 0 Å². The summed E-state index contributed by atoms with van der Waals surface area (Å²) in [5.41, 5.74) is 1.78. The number of aliphatic carboxylic acids is 2. The molecule has 0 aliphatic heterocycles. The topological polar surface area (TPSA) is 104 Å². The molecule has 6 nitrogen and oxygen atoms in total. The Hall–Kier alpha value is -1.95. The highest BCUT2D eigenvalue weighted by Crippen LogP contribution is 2.06. The summed E-state index contributed by atoms with van der Waals surface area (Å²) >= 11 is 0. The van der Waals surface area contributed by atoms with E-state index in [1.165, 1.54) is 0 Å². The van der Waals surface area contributed by atoms with Crippen LogP contribution in [0.1, 0.15) is 39.5 Å². The third-order valence-corrected chi connectivity index (χ3v) is 2.95. The monoisotopic (exact) mass is 297 g/mol. The standard InChI is InChI=1S/C15H23NO5/c1-11(4-3-5-12(2)10-17)8-9-16-13(15(20)21)6-7-14(18)19/h5,8,10,13,16H,3-4,6-7,9H2,1-2H3,(H,18,19)(H,20,21)/b11-8+,12-5+/t13-/m0/s1. The van der Waals surface area contributed by atoms with Crippen molar-refractivity contribution in [2.24, 2.45) is 0 Å². The number of carbonyl (C=O) groups is 3. The molecule has 3 N–H and O–H groups in total. The van der Waals surface area contributed by atoms with Crippen LogP contribution in [0.2, 0.25) is 0 Å². The maximum Gasteiger partial charge on any atom is 0.320 e. The first-order valence-electron chi connectivity index (χ1n) is 6.82. The first kappa shape index (κ1) is 19.1. The predicted octanol–water partition coefficient (Wildman–Crippen LogP) is 1.77. The van der Waals surface area contributed by atoms with Crippen molar-refractivity contribution in [3.63, 3.8) is 0 Å². The highest BCUT2D eigenvalue weighted by atomic mass is 16.4. The molecule has 0 amide bonds. The minimum Gasteiger partial charge on any atom is -0.481 e. The summed E-state index contributed by atoms with van der Waals surface area (Å²) in [7, 11) is 0. The summed E-state index contributed by atoms with van der Waals surface area (Å²) in [4.78, 5) is 31.8. The van der Waals surface area contributed by atoms with Gasteiger partial charge < -0.3 is 15.5 Å². The molecule has 0 radical (unpaired) electrons. The van der Waals surface area contributed by atoms with E-state index in [-0.39, 0.29) is 12.8 Å². The summed E-state index contributed by atoms with van der Waals surface area (Å²) in [5.74, 6) is -2.06. The number of aldehydes is 1. The van der Waals surface area contributed by atoms with Gasteiger partial charge in [0.15, 0.2) is 0 Å². The second kappa shape index (κ2) is 10.8. The van der Waals surface area contributed by atoms with Gasteiger partial charge >= 0.3 is 11.9 Å². The molecule has 6 heteroatoms. The number of hydrogen-bond acceptors (Lipinski definition) is 4. The number of hydrogen-bond donors (Lipinski definition) is 3. The summed E-state index contributed by atoms with van der Waals surface area (Å²) in [5, 5.41) is 20.3. The smallest absolute Gasteiger partial charge is 0.320 e. The molecule has 0 saturated heterocycles. The molecule has 0 unspecified atom stereocenters. The van der Waals surface area contributed by atoms with E-state index >= 15 is 0 Å². The molecule has 0 aromatic carbocycles. The highest BCUT2D eigenvalue weighted by molar-refractivity contribution is 5.75. The van der Waals surface area contributed by atoms with Crippen LogP contribution in [-0.2, 0) is 14.4 Å². The molecule has 0 aliphatic rings. The van der Waals surface area contributed by atoms with Crippen LogP contribution in [0.4, 0.5) is 0 Å². The van der Waals surface area contributed by atoms with Crippen LogP contribution in [0.5, 0.6) is 0 Å². The molecule has 0 aromatic heterocycles. The molecule has 0 aliphatic carbocycles. The van der Waals surface area contributed by atoms with Gasteiger partial charge in [-0.25, -0.2) is 0 Å². The van der Waals surface area contributed by atoms with Gasteiger partial charge in [-0.05, 0) is 38.7 Å². The number of rotatable bonds is 11. The van der Waals surface area contributed by atoms with E-state index in [4.69, 9.17) is 10.2 Å². The Labute approximate surface area is 124 Å². The molecule has 0 bridgehead atoms. The van der Waals surface area contributed by atoms with Crippen molar-refractivity contribution in [1.82, 2.24) is 5.32 Å². The third kappa shape index (κ3) is 10.5. The molecule has 0 heterocycles. The molecule has 0 rings (SSSR count). The Bertz CT molecular complexity index is 426. The van der Waals surface area contributed by atoms with Crippen LogP contribution in [0, 0.1) is 0 Å². The molecular formula is C15H23NO5. The Balaban J connectivity index is 4.16. The van der Waals surface area contributed by atoms with Gasteiger partial charge in [-0.3, -0.25) is 14.4 Å². The zero-order valence-electron chi connectivity index (χ0n) is 12.5. The lowest BCUT2D eigenvalue weighted by Crippen LogP contribution is -2.37. The van der Waals surface area contributed by atoms with E-state index in [1.54, 1.807) is 6.92 Å². The van der Waals surface area contributed by atoms with Gasteiger partial charge in [0.2, 0.25) is 0 Å². The normalized spacial score (nSPS) is 13.8. The number of carboxylic acid groups (broad SMARTS) is 2. The van der Waals surface area contributed by atoms with Crippen LogP contribution in [0.3, 0.4) is 0 Å². The van der Waals surface area contributed by atoms with Crippen molar-refractivity contribution in [3.05, 3.63) is 23.3 Å². The van der Waals surface area contributed by atoms with Gasteiger partial charge in [-0.2, -0.15) is 0 Å². The summed E-state index contributed by atoms with van der Waals surface area (Å²) in [6.07, 6.45) is 5.96. The zero-order valence-corrected chi connectivity index (χ0v) is 12.5. The van der Waals surface area contributed by atoms with Crippen LogP contribution < -0.4 is 5.32 Å². The number of carboxylic acids is 2. The fraction of sp³-hybridized carbons (Fsp3) is 0.533. The molecule has 118 valence electrons. The second-order valence-electron chi connectivity index (χ2n) is 4.89. The van der Waals surface area contributed by atoms with Crippen molar-refractivity contribution in [2.75, 3.05) is 6.54 Å². The molecule has 0 saturated carbocycles. The molecule has 0 spiro atoms. The summed E-state index contributed by atoms with van der Waals surface area (Å²) in [6.45, 7) is 4.05. The highest BCUT2D eigenvalue weighted by Gasteiger charge is 2.17. The lowest BCUT2D eigenvalue weighted by Gasteiger charge is -2.12. The van der Waals surface area contributed by atoms with Crippen molar-refractivity contribution < 1.29 is 24.6 Å². The van der Waals surface area contributed by atoms with Crippen LogP contribution in [-0.4, -0.2) is 41.0 Å². The van der Waals surface area contributed by atoms with E-state index in [9.17, 15) is 14.4 Å². The minimum absolute atomic E-state index is 0.0544. The van der Waals surface area contributed by atoms with Gasteiger partial charge in [0, 0.05) is 13.0 Å².